The summed E-state index contributed by atoms with van der Waals surface area (Å²) in [6, 6.07) is 0. The van der Waals surface area contributed by atoms with Crippen molar-refractivity contribution in [3.63, 3.8) is 0 Å². The number of hydrogen-bond acceptors (Lipinski definition) is 2. The zero-order valence-corrected chi connectivity index (χ0v) is 7.23. The summed E-state index contributed by atoms with van der Waals surface area (Å²) in [5.41, 5.74) is 0. The molecule has 2 nitrogen and oxygen atoms in total. The van der Waals surface area contributed by atoms with Crippen LogP contribution in [-0.2, 0) is 4.74 Å². The van der Waals surface area contributed by atoms with Gasteiger partial charge in [0, 0.05) is 5.33 Å². The predicted octanol–water partition coefficient (Wildman–Crippen LogP) is 1.16. The van der Waals surface area contributed by atoms with Crippen LogP contribution in [0, 0.1) is 6.61 Å². The standard InChI is InChI=1S/C5H9BrClO2/c6-1-2-9-4-5(8)3-7/h4-5,8H,1-3H2/t5-/m0/s1. The van der Waals surface area contributed by atoms with Crippen molar-refractivity contribution in [2.75, 3.05) is 17.8 Å². The first kappa shape index (κ1) is 9.69. The summed E-state index contributed by atoms with van der Waals surface area (Å²) in [5, 5.41) is 9.52. The van der Waals surface area contributed by atoms with Gasteiger partial charge in [0.15, 0.2) is 0 Å². The summed E-state index contributed by atoms with van der Waals surface area (Å²) in [5.74, 6) is 0.183. The lowest BCUT2D eigenvalue weighted by molar-refractivity contribution is 0.112. The molecule has 1 atom stereocenters. The summed E-state index contributed by atoms with van der Waals surface area (Å²) in [6.07, 6.45) is -0.647. The van der Waals surface area contributed by atoms with Crippen LogP contribution in [0.2, 0.25) is 0 Å². The van der Waals surface area contributed by atoms with Gasteiger partial charge in [-0.15, -0.1) is 11.6 Å². The third-order valence-corrected chi connectivity index (χ3v) is 1.25. The first-order chi connectivity index (χ1) is 4.31. The highest BCUT2D eigenvalue weighted by Gasteiger charge is 2.00. The van der Waals surface area contributed by atoms with Crippen LogP contribution >= 0.6 is 27.5 Å². The van der Waals surface area contributed by atoms with Crippen LogP contribution in [0.15, 0.2) is 0 Å². The fourth-order valence-electron chi connectivity index (χ4n) is 0.260. The Hall–Kier alpha value is 0.690. The van der Waals surface area contributed by atoms with Gasteiger partial charge in [-0.3, -0.25) is 0 Å². The molecule has 0 heterocycles. The molecular weight excluding hydrogens is 207 g/mol. The topological polar surface area (TPSA) is 29.5 Å². The second kappa shape index (κ2) is 6.81. The Morgan fingerprint density at radius 2 is 2.44 bits per heavy atom. The maximum atomic E-state index is 8.76. The molecule has 0 aromatic carbocycles. The Kier molecular flexibility index (Phi) is 7.33. The highest BCUT2D eigenvalue weighted by molar-refractivity contribution is 9.09. The van der Waals surface area contributed by atoms with E-state index in [1.54, 1.807) is 0 Å². The average molecular weight is 216 g/mol. The Labute approximate surface area is 68.3 Å². The van der Waals surface area contributed by atoms with Crippen LogP contribution in [0.25, 0.3) is 0 Å². The highest BCUT2D eigenvalue weighted by Crippen LogP contribution is 1.94. The predicted molar refractivity (Wildman–Crippen MR) is 40.8 cm³/mol. The second-order valence-electron chi connectivity index (χ2n) is 1.42. The van der Waals surface area contributed by atoms with Gasteiger partial charge in [0.05, 0.1) is 18.6 Å². The van der Waals surface area contributed by atoms with Crippen molar-refractivity contribution in [3.05, 3.63) is 6.61 Å². The third kappa shape index (κ3) is 6.58. The molecule has 0 rings (SSSR count). The first-order valence-electron chi connectivity index (χ1n) is 2.56. The van der Waals surface area contributed by atoms with Crippen LogP contribution in [0.4, 0.5) is 0 Å². The maximum Gasteiger partial charge on any atom is 0.113 e. The number of rotatable bonds is 5. The molecule has 1 N–H and O–H groups in total. The number of aliphatic hydroxyl groups excluding tert-OH is 1. The number of halogens is 2. The first-order valence-corrected chi connectivity index (χ1v) is 4.21. The van der Waals surface area contributed by atoms with Gasteiger partial charge in [0.1, 0.15) is 6.61 Å². The average Bonchev–Trinajstić information content (AvgIpc) is 1.89. The number of hydrogen-bond donors (Lipinski definition) is 1. The third-order valence-electron chi connectivity index (χ3n) is 0.606. The minimum absolute atomic E-state index is 0.183. The van der Waals surface area contributed by atoms with E-state index < -0.39 is 6.10 Å². The van der Waals surface area contributed by atoms with Gasteiger partial charge in [-0.05, 0) is 0 Å². The molecule has 0 saturated heterocycles. The molecule has 0 amide bonds. The molecule has 4 heteroatoms. The lowest BCUT2D eigenvalue weighted by Crippen LogP contribution is -2.11. The summed E-state index contributed by atoms with van der Waals surface area (Å²) >= 11 is 8.42. The molecule has 9 heavy (non-hydrogen) atoms. The van der Waals surface area contributed by atoms with E-state index in [0.717, 1.165) is 5.33 Å². The largest absolute Gasteiger partial charge is 0.389 e. The van der Waals surface area contributed by atoms with Crippen molar-refractivity contribution in [2.24, 2.45) is 0 Å². The number of aliphatic hydroxyl groups is 1. The van der Waals surface area contributed by atoms with Crippen molar-refractivity contribution in [3.8, 4) is 0 Å². The van der Waals surface area contributed by atoms with Crippen molar-refractivity contribution < 1.29 is 9.84 Å². The van der Waals surface area contributed by atoms with Crippen LogP contribution < -0.4 is 0 Å². The zero-order valence-electron chi connectivity index (χ0n) is 4.89. The molecule has 55 valence electrons. The van der Waals surface area contributed by atoms with Crippen LogP contribution in [0.3, 0.4) is 0 Å². The quantitative estimate of drug-likeness (QED) is 0.552. The normalized spacial score (nSPS) is 13.7. The van der Waals surface area contributed by atoms with Crippen LogP contribution in [0.1, 0.15) is 0 Å². The van der Waals surface area contributed by atoms with Gasteiger partial charge >= 0.3 is 0 Å². The van der Waals surface area contributed by atoms with Crippen molar-refractivity contribution in [1.82, 2.24) is 0 Å². The Morgan fingerprint density at radius 1 is 1.78 bits per heavy atom. The number of ether oxygens (including phenoxy) is 1. The molecule has 0 spiro atoms. The minimum Gasteiger partial charge on any atom is -0.389 e. The number of alkyl halides is 2. The fourth-order valence-corrected chi connectivity index (χ4v) is 0.520. The summed E-state index contributed by atoms with van der Waals surface area (Å²) in [7, 11) is 0. The molecule has 0 aromatic rings. The Bertz CT molecular complexity index is 62.9. The SMILES string of the molecule is O[C@H]([CH]OCCBr)CCl. The van der Waals surface area contributed by atoms with E-state index in [9.17, 15) is 0 Å². The summed E-state index contributed by atoms with van der Waals surface area (Å²) in [4.78, 5) is 0. The molecule has 0 fully saturated rings. The maximum absolute atomic E-state index is 8.76. The highest BCUT2D eigenvalue weighted by atomic mass is 79.9. The van der Waals surface area contributed by atoms with Gasteiger partial charge in [0.25, 0.3) is 0 Å². The van der Waals surface area contributed by atoms with E-state index in [-0.39, 0.29) is 5.88 Å². The van der Waals surface area contributed by atoms with E-state index in [4.69, 9.17) is 21.4 Å². The summed E-state index contributed by atoms with van der Waals surface area (Å²) < 4.78 is 4.83. The van der Waals surface area contributed by atoms with Gasteiger partial charge in [0.2, 0.25) is 0 Å². The van der Waals surface area contributed by atoms with Gasteiger partial charge in [-0.1, -0.05) is 15.9 Å². The molecule has 0 bridgehead atoms. The smallest absolute Gasteiger partial charge is 0.113 e. The molecule has 1 radical (unpaired) electrons. The molecule has 0 aliphatic rings. The van der Waals surface area contributed by atoms with Gasteiger partial charge in [-0.2, -0.15) is 0 Å². The molecule has 0 aliphatic heterocycles. The van der Waals surface area contributed by atoms with Crippen molar-refractivity contribution in [1.29, 1.82) is 0 Å². The molecule has 0 aliphatic carbocycles. The van der Waals surface area contributed by atoms with E-state index in [1.165, 1.54) is 6.61 Å². The second-order valence-corrected chi connectivity index (χ2v) is 2.52. The van der Waals surface area contributed by atoms with E-state index in [2.05, 4.69) is 15.9 Å². The summed E-state index contributed by atoms with van der Waals surface area (Å²) in [6.45, 7) is 1.89. The minimum atomic E-state index is -0.647. The fraction of sp³-hybridized carbons (Fsp3) is 0.800. The molecular formula is C5H9BrClO2. The Balaban J connectivity index is 2.88. The lowest BCUT2D eigenvalue weighted by atomic mass is 10.4. The van der Waals surface area contributed by atoms with E-state index >= 15 is 0 Å². The van der Waals surface area contributed by atoms with Gasteiger partial charge in [-0.25, -0.2) is 0 Å². The van der Waals surface area contributed by atoms with E-state index in [0.29, 0.717) is 6.61 Å². The van der Waals surface area contributed by atoms with Crippen molar-refractivity contribution in [2.45, 2.75) is 6.10 Å². The molecule has 0 aromatic heterocycles. The van der Waals surface area contributed by atoms with Crippen LogP contribution in [-0.4, -0.2) is 29.0 Å². The molecule has 0 unspecified atom stereocenters. The van der Waals surface area contributed by atoms with Crippen LogP contribution in [0.5, 0.6) is 0 Å². The molecule has 0 saturated carbocycles. The lowest BCUT2D eigenvalue weighted by Gasteiger charge is -2.04. The Morgan fingerprint density at radius 3 is 2.89 bits per heavy atom. The van der Waals surface area contributed by atoms with E-state index in [1.807, 2.05) is 0 Å². The van der Waals surface area contributed by atoms with Gasteiger partial charge < -0.3 is 9.84 Å². The zero-order chi connectivity index (χ0) is 7.11. The van der Waals surface area contributed by atoms with Crippen molar-refractivity contribution >= 4 is 27.5 Å². The monoisotopic (exact) mass is 215 g/mol.